The van der Waals surface area contributed by atoms with Gasteiger partial charge in [0.2, 0.25) is 0 Å². The number of unbranched alkanes of at least 4 members (excludes halogenated alkanes) is 1. The quantitative estimate of drug-likeness (QED) is 0.533. The first kappa shape index (κ1) is 19.6. The Morgan fingerprint density at radius 1 is 1.03 bits per heavy atom. The fourth-order valence-electron chi connectivity index (χ4n) is 4.67. The van der Waals surface area contributed by atoms with Crippen molar-refractivity contribution in [3.05, 3.63) is 68.1 Å². The van der Waals surface area contributed by atoms with Gasteiger partial charge in [-0.05, 0) is 63.3 Å². The summed E-state index contributed by atoms with van der Waals surface area (Å²) in [5, 5.41) is 1.04. The molecule has 0 fully saturated rings. The van der Waals surface area contributed by atoms with Crippen LogP contribution in [0.2, 0.25) is 0 Å². The van der Waals surface area contributed by atoms with Crippen molar-refractivity contribution in [2.75, 3.05) is 11.6 Å². The molecule has 29 heavy (non-hydrogen) atoms. The molecule has 4 heteroatoms. The normalized spacial score (nSPS) is 13.5. The first-order valence-corrected chi connectivity index (χ1v) is 10.4. The van der Waals surface area contributed by atoms with Gasteiger partial charge in [-0.15, -0.1) is 0 Å². The lowest BCUT2D eigenvalue weighted by molar-refractivity contribution is 0.287. The van der Waals surface area contributed by atoms with Crippen molar-refractivity contribution in [1.29, 1.82) is 0 Å². The molecule has 2 heterocycles. The SMILES string of the molecule is CCCCc1cc(=O)oc2c(C)c3c(cc12)CN(c1c(C)cc(C)cc1C)CO3. The van der Waals surface area contributed by atoms with Crippen LogP contribution < -0.4 is 15.3 Å². The summed E-state index contributed by atoms with van der Waals surface area (Å²) in [5.74, 6) is 0.854. The average Bonchev–Trinajstić information content (AvgIpc) is 2.66. The zero-order chi connectivity index (χ0) is 20.7. The molecule has 0 bridgehead atoms. The van der Waals surface area contributed by atoms with Gasteiger partial charge in [0.1, 0.15) is 11.3 Å². The lowest BCUT2D eigenvalue weighted by Gasteiger charge is -2.34. The van der Waals surface area contributed by atoms with Crippen LogP contribution in [0.5, 0.6) is 5.75 Å². The largest absolute Gasteiger partial charge is 0.472 e. The maximum atomic E-state index is 12.1. The molecule has 152 valence electrons. The second-order valence-electron chi connectivity index (χ2n) is 8.28. The molecular formula is C25H29NO3. The molecule has 4 rings (SSSR count). The van der Waals surface area contributed by atoms with Gasteiger partial charge in [0.15, 0.2) is 6.73 Å². The summed E-state index contributed by atoms with van der Waals surface area (Å²) >= 11 is 0. The molecule has 0 radical (unpaired) electrons. The second kappa shape index (κ2) is 7.58. The maximum absolute atomic E-state index is 12.1. The summed E-state index contributed by atoms with van der Waals surface area (Å²) in [7, 11) is 0. The van der Waals surface area contributed by atoms with Crippen LogP contribution in [0.1, 0.15) is 53.1 Å². The standard InChI is InChI=1S/C25H29NO3/c1-6-7-8-19-12-22(27)29-25-18(5)24-20(11-21(19)25)13-26(14-28-24)23-16(3)9-15(2)10-17(23)4/h9-12H,6-8,13-14H2,1-5H3. The minimum Gasteiger partial charge on any atom is -0.472 e. The Balaban J connectivity index is 1.81. The number of ether oxygens (including phenoxy) is 1. The number of hydrogen-bond donors (Lipinski definition) is 0. The molecule has 4 nitrogen and oxygen atoms in total. The van der Waals surface area contributed by atoms with E-state index in [1.165, 1.54) is 22.4 Å². The Morgan fingerprint density at radius 2 is 1.76 bits per heavy atom. The first-order valence-electron chi connectivity index (χ1n) is 10.4. The van der Waals surface area contributed by atoms with Gasteiger partial charge in [-0.3, -0.25) is 0 Å². The fourth-order valence-corrected chi connectivity index (χ4v) is 4.67. The van der Waals surface area contributed by atoms with Crippen LogP contribution in [-0.2, 0) is 13.0 Å². The Morgan fingerprint density at radius 3 is 2.45 bits per heavy atom. The molecule has 1 aliphatic rings. The lowest BCUT2D eigenvalue weighted by atomic mass is 9.97. The van der Waals surface area contributed by atoms with Crippen LogP contribution in [0.4, 0.5) is 5.69 Å². The summed E-state index contributed by atoms with van der Waals surface area (Å²) in [6, 6.07) is 8.26. The third-order valence-corrected chi connectivity index (χ3v) is 5.85. The van der Waals surface area contributed by atoms with Gasteiger partial charge in [-0.2, -0.15) is 0 Å². The molecule has 1 aromatic heterocycles. The minimum atomic E-state index is -0.282. The summed E-state index contributed by atoms with van der Waals surface area (Å²) < 4.78 is 11.8. The topological polar surface area (TPSA) is 42.7 Å². The van der Waals surface area contributed by atoms with Gasteiger partial charge in [0.05, 0.1) is 0 Å². The summed E-state index contributed by atoms with van der Waals surface area (Å²) in [5.41, 5.74) is 8.57. The van der Waals surface area contributed by atoms with Crippen LogP contribution in [0.3, 0.4) is 0 Å². The number of rotatable bonds is 4. The molecule has 2 aromatic carbocycles. The van der Waals surface area contributed by atoms with E-state index >= 15 is 0 Å². The number of fused-ring (bicyclic) bond motifs is 2. The van der Waals surface area contributed by atoms with Crippen molar-refractivity contribution in [2.24, 2.45) is 0 Å². The second-order valence-corrected chi connectivity index (χ2v) is 8.28. The molecule has 0 unspecified atom stereocenters. The zero-order valence-corrected chi connectivity index (χ0v) is 18.0. The number of hydrogen-bond acceptors (Lipinski definition) is 4. The number of anilines is 1. The lowest BCUT2D eigenvalue weighted by Crippen LogP contribution is -2.33. The van der Waals surface area contributed by atoms with E-state index in [1.54, 1.807) is 6.07 Å². The van der Waals surface area contributed by atoms with Crippen molar-refractivity contribution in [3.8, 4) is 5.75 Å². The summed E-state index contributed by atoms with van der Waals surface area (Å²) in [6.07, 6.45) is 3.03. The van der Waals surface area contributed by atoms with Gasteiger partial charge in [-0.1, -0.05) is 31.0 Å². The molecule has 0 atom stereocenters. The van der Waals surface area contributed by atoms with Crippen molar-refractivity contribution >= 4 is 16.7 Å². The highest BCUT2D eigenvalue weighted by molar-refractivity contribution is 5.86. The molecular weight excluding hydrogens is 362 g/mol. The Bertz CT molecular complexity index is 1120. The van der Waals surface area contributed by atoms with Gasteiger partial charge in [0.25, 0.3) is 0 Å². The number of benzene rings is 2. The van der Waals surface area contributed by atoms with Crippen molar-refractivity contribution in [2.45, 2.75) is 60.4 Å². The van der Waals surface area contributed by atoms with E-state index in [-0.39, 0.29) is 5.63 Å². The van der Waals surface area contributed by atoms with Gasteiger partial charge in [-0.25, -0.2) is 4.79 Å². The van der Waals surface area contributed by atoms with Crippen LogP contribution >= 0.6 is 0 Å². The number of aryl methyl sites for hydroxylation is 5. The van der Waals surface area contributed by atoms with Crippen LogP contribution in [0.25, 0.3) is 11.0 Å². The van der Waals surface area contributed by atoms with E-state index in [0.29, 0.717) is 12.3 Å². The van der Waals surface area contributed by atoms with Crippen molar-refractivity contribution in [1.82, 2.24) is 0 Å². The Hall–Kier alpha value is -2.75. The third kappa shape index (κ3) is 3.52. The van der Waals surface area contributed by atoms with E-state index < -0.39 is 0 Å². The molecule has 3 aromatic rings. The van der Waals surface area contributed by atoms with E-state index in [1.807, 2.05) is 6.92 Å². The predicted octanol–water partition coefficient (Wildman–Crippen LogP) is 5.73. The third-order valence-electron chi connectivity index (χ3n) is 5.85. The Labute approximate surface area is 172 Å². The Kier molecular flexibility index (Phi) is 5.12. The highest BCUT2D eigenvalue weighted by Crippen LogP contribution is 2.38. The van der Waals surface area contributed by atoms with E-state index in [0.717, 1.165) is 53.6 Å². The van der Waals surface area contributed by atoms with Crippen LogP contribution in [-0.4, -0.2) is 6.73 Å². The van der Waals surface area contributed by atoms with E-state index in [9.17, 15) is 4.79 Å². The van der Waals surface area contributed by atoms with Crippen LogP contribution in [0.15, 0.2) is 33.5 Å². The number of nitrogens with zero attached hydrogens (tertiary/aromatic N) is 1. The molecule has 0 spiro atoms. The highest BCUT2D eigenvalue weighted by atomic mass is 16.5. The van der Waals surface area contributed by atoms with Gasteiger partial charge in [0, 0.05) is 34.8 Å². The monoisotopic (exact) mass is 391 g/mol. The van der Waals surface area contributed by atoms with Crippen molar-refractivity contribution in [3.63, 3.8) is 0 Å². The van der Waals surface area contributed by atoms with Gasteiger partial charge >= 0.3 is 5.63 Å². The summed E-state index contributed by atoms with van der Waals surface area (Å²) in [4.78, 5) is 14.4. The first-order chi connectivity index (χ1) is 13.9. The molecule has 0 saturated carbocycles. The molecule has 0 aliphatic carbocycles. The van der Waals surface area contributed by atoms with Crippen molar-refractivity contribution < 1.29 is 9.15 Å². The molecule has 0 amide bonds. The average molecular weight is 392 g/mol. The van der Waals surface area contributed by atoms with Gasteiger partial charge < -0.3 is 14.1 Å². The highest BCUT2D eigenvalue weighted by Gasteiger charge is 2.24. The molecule has 0 N–H and O–H groups in total. The van der Waals surface area contributed by atoms with E-state index in [4.69, 9.17) is 9.15 Å². The predicted molar refractivity (Wildman–Crippen MR) is 118 cm³/mol. The zero-order valence-electron chi connectivity index (χ0n) is 18.0. The molecule has 0 saturated heterocycles. The van der Waals surface area contributed by atoms with Crippen LogP contribution in [0, 0.1) is 27.7 Å². The molecule has 1 aliphatic heterocycles. The smallest absolute Gasteiger partial charge is 0.336 e. The fraction of sp³-hybridized carbons (Fsp3) is 0.400. The van der Waals surface area contributed by atoms with E-state index in [2.05, 4.69) is 50.8 Å². The summed E-state index contributed by atoms with van der Waals surface area (Å²) in [6.45, 7) is 11.9. The maximum Gasteiger partial charge on any atom is 0.336 e. The minimum absolute atomic E-state index is 0.282.